The first-order chi connectivity index (χ1) is 7.11. The summed E-state index contributed by atoms with van der Waals surface area (Å²) in [5.41, 5.74) is 0. The Morgan fingerprint density at radius 2 is 2.13 bits per heavy atom. The molecule has 0 aromatic heterocycles. The maximum atomic E-state index is 12.0. The van der Waals surface area contributed by atoms with Crippen molar-refractivity contribution in [3.8, 4) is 0 Å². The van der Waals surface area contributed by atoms with Crippen LogP contribution in [0, 0.1) is 23.7 Å². The summed E-state index contributed by atoms with van der Waals surface area (Å²) in [4.78, 5) is 13.9. The van der Waals surface area contributed by atoms with Crippen LogP contribution in [0.3, 0.4) is 0 Å². The molecular weight excluding hydrogens is 190 g/mol. The summed E-state index contributed by atoms with van der Waals surface area (Å²) in [6, 6.07) is 0. The van der Waals surface area contributed by atoms with Crippen LogP contribution in [-0.4, -0.2) is 37.6 Å². The lowest BCUT2D eigenvalue weighted by Gasteiger charge is -2.34. The molecule has 15 heavy (non-hydrogen) atoms. The summed E-state index contributed by atoms with van der Waals surface area (Å²) in [6.45, 7) is 6.87. The summed E-state index contributed by atoms with van der Waals surface area (Å²) in [5.74, 6) is 2.19. The Morgan fingerprint density at radius 1 is 1.40 bits per heavy atom. The van der Waals surface area contributed by atoms with E-state index in [2.05, 4.69) is 13.8 Å². The van der Waals surface area contributed by atoms with Crippen molar-refractivity contribution in [3.63, 3.8) is 0 Å². The molecule has 0 aromatic carbocycles. The predicted molar refractivity (Wildman–Crippen MR) is 58.4 cm³/mol. The molecule has 1 amide bonds. The zero-order chi connectivity index (χ0) is 11.0. The Balaban J connectivity index is 2.20. The molecule has 2 aliphatic rings. The second kappa shape index (κ2) is 4.12. The van der Waals surface area contributed by atoms with Crippen LogP contribution >= 0.6 is 0 Å². The molecule has 2 unspecified atom stereocenters. The molecule has 0 aliphatic carbocycles. The van der Waals surface area contributed by atoms with Gasteiger partial charge < -0.3 is 9.64 Å². The second-order valence-corrected chi connectivity index (χ2v) is 5.15. The molecule has 2 aliphatic heterocycles. The fraction of sp³-hybridized carbons (Fsp3) is 0.917. The lowest BCUT2D eigenvalue weighted by Crippen LogP contribution is -2.36. The molecule has 0 bridgehead atoms. The quantitative estimate of drug-likeness (QED) is 0.606. The van der Waals surface area contributed by atoms with Crippen LogP contribution < -0.4 is 0 Å². The van der Waals surface area contributed by atoms with E-state index in [0.29, 0.717) is 23.7 Å². The third kappa shape index (κ3) is 1.89. The van der Waals surface area contributed by atoms with Gasteiger partial charge in [-0.05, 0) is 18.3 Å². The monoisotopic (exact) mass is 211 g/mol. The Morgan fingerprint density at radius 3 is 2.87 bits per heavy atom. The van der Waals surface area contributed by atoms with Gasteiger partial charge in [-0.1, -0.05) is 13.8 Å². The van der Waals surface area contributed by atoms with Gasteiger partial charge in [-0.25, -0.2) is 0 Å². The smallest absolute Gasteiger partial charge is 0.225 e. The molecule has 3 heteroatoms. The fourth-order valence-electron chi connectivity index (χ4n) is 3.08. The minimum atomic E-state index is 0.170. The van der Waals surface area contributed by atoms with Crippen molar-refractivity contribution in [3.05, 3.63) is 0 Å². The normalized spacial score (nSPS) is 42.3. The van der Waals surface area contributed by atoms with Gasteiger partial charge in [0.2, 0.25) is 5.91 Å². The topological polar surface area (TPSA) is 29.5 Å². The number of fused-ring (bicyclic) bond motifs is 1. The number of rotatable bonds is 0. The minimum absolute atomic E-state index is 0.170. The molecule has 0 aromatic rings. The molecule has 2 rings (SSSR count). The molecule has 0 spiro atoms. The van der Waals surface area contributed by atoms with Gasteiger partial charge in [0, 0.05) is 32.0 Å². The number of carbonyl (C=O) groups is 1. The molecular formula is C12H21NO2. The molecule has 86 valence electrons. The van der Waals surface area contributed by atoms with E-state index >= 15 is 0 Å². The number of likely N-dealkylation sites (tertiary alicyclic amines) is 1. The van der Waals surface area contributed by atoms with Crippen LogP contribution in [0.4, 0.5) is 0 Å². The third-order valence-corrected chi connectivity index (χ3v) is 4.27. The van der Waals surface area contributed by atoms with Gasteiger partial charge in [0.1, 0.15) is 0 Å². The zero-order valence-electron chi connectivity index (χ0n) is 9.90. The predicted octanol–water partition coefficient (Wildman–Crippen LogP) is 1.38. The van der Waals surface area contributed by atoms with E-state index < -0.39 is 0 Å². The van der Waals surface area contributed by atoms with Gasteiger partial charge >= 0.3 is 0 Å². The number of ether oxygens (including phenoxy) is 1. The number of hydrogen-bond donors (Lipinski definition) is 0. The summed E-state index contributed by atoms with van der Waals surface area (Å²) in [7, 11) is 1.92. The Hall–Kier alpha value is -0.570. The SMILES string of the molecule is C[C@@H]1C(=O)N(C)CC2COCCC2[C@@H]1C. The maximum Gasteiger partial charge on any atom is 0.225 e. The van der Waals surface area contributed by atoms with Gasteiger partial charge in [-0.2, -0.15) is 0 Å². The molecule has 2 saturated heterocycles. The van der Waals surface area contributed by atoms with Gasteiger partial charge in [0.25, 0.3) is 0 Å². The zero-order valence-corrected chi connectivity index (χ0v) is 9.90. The van der Waals surface area contributed by atoms with Crippen LogP contribution in [0.15, 0.2) is 0 Å². The van der Waals surface area contributed by atoms with Crippen LogP contribution in [-0.2, 0) is 9.53 Å². The standard InChI is InChI=1S/C12H21NO2/c1-8-9(2)12(14)13(3)6-10-7-15-5-4-11(8)10/h8-11H,4-7H2,1-3H3/t8-,9+,10?,11?/m1/s1. The van der Waals surface area contributed by atoms with Gasteiger partial charge in [0.05, 0.1) is 6.61 Å². The van der Waals surface area contributed by atoms with E-state index in [-0.39, 0.29) is 5.92 Å². The van der Waals surface area contributed by atoms with E-state index in [1.54, 1.807) is 0 Å². The van der Waals surface area contributed by atoms with Crippen LogP contribution in [0.5, 0.6) is 0 Å². The molecule has 2 fully saturated rings. The first kappa shape index (κ1) is 10.9. The van der Waals surface area contributed by atoms with Crippen LogP contribution in [0.25, 0.3) is 0 Å². The number of amides is 1. The molecule has 0 saturated carbocycles. The van der Waals surface area contributed by atoms with Gasteiger partial charge in [0.15, 0.2) is 0 Å². The van der Waals surface area contributed by atoms with Gasteiger partial charge in [-0.15, -0.1) is 0 Å². The minimum Gasteiger partial charge on any atom is -0.381 e. The van der Waals surface area contributed by atoms with Crippen molar-refractivity contribution >= 4 is 5.91 Å². The highest BCUT2D eigenvalue weighted by Gasteiger charge is 2.39. The van der Waals surface area contributed by atoms with Crippen molar-refractivity contribution in [2.24, 2.45) is 23.7 Å². The average molecular weight is 211 g/mol. The van der Waals surface area contributed by atoms with Crippen molar-refractivity contribution in [1.29, 1.82) is 0 Å². The highest BCUT2D eigenvalue weighted by molar-refractivity contribution is 5.78. The van der Waals surface area contributed by atoms with E-state index in [4.69, 9.17) is 4.74 Å². The highest BCUT2D eigenvalue weighted by atomic mass is 16.5. The van der Waals surface area contributed by atoms with E-state index in [1.165, 1.54) is 0 Å². The number of carbonyl (C=O) groups excluding carboxylic acids is 1. The van der Waals surface area contributed by atoms with E-state index in [0.717, 1.165) is 26.2 Å². The van der Waals surface area contributed by atoms with Gasteiger partial charge in [-0.3, -0.25) is 4.79 Å². The number of nitrogens with zero attached hydrogens (tertiary/aromatic N) is 1. The second-order valence-electron chi connectivity index (χ2n) is 5.15. The number of hydrogen-bond acceptors (Lipinski definition) is 2. The largest absolute Gasteiger partial charge is 0.381 e. The van der Waals surface area contributed by atoms with Crippen LogP contribution in [0.2, 0.25) is 0 Å². The van der Waals surface area contributed by atoms with E-state index in [9.17, 15) is 4.79 Å². The summed E-state index contributed by atoms with van der Waals surface area (Å²) >= 11 is 0. The Kier molecular flexibility index (Phi) is 3.01. The lowest BCUT2D eigenvalue weighted by molar-refractivity contribution is -0.134. The molecule has 0 radical (unpaired) electrons. The third-order valence-electron chi connectivity index (χ3n) is 4.27. The van der Waals surface area contributed by atoms with Crippen molar-refractivity contribution < 1.29 is 9.53 Å². The molecule has 0 N–H and O–H groups in total. The fourth-order valence-corrected chi connectivity index (χ4v) is 3.08. The summed E-state index contributed by atoms with van der Waals surface area (Å²) < 4.78 is 5.52. The highest BCUT2D eigenvalue weighted by Crippen LogP contribution is 2.36. The Labute approximate surface area is 91.8 Å². The van der Waals surface area contributed by atoms with Crippen LogP contribution in [0.1, 0.15) is 20.3 Å². The molecule has 3 nitrogen and oxygen atoms in total. The first-order valence-corrected chi connectivity index (χ1v) is 5.94. The lowest BCUT2D eigenvalue weighted by atomic mass is 9.75. The first-order valence-electron chi connectivity index (χ1n) is 5.94. The summed E-state index contributed by atoms with van der Waals surface area (Å²) in [5, 5.41) is 0. The molecule has 2 heterocycles. The summed E-state index contributed by atoms with van der Waals surface area (Å²) in [6.07, 6.45) is 1.12. The average Bonchev–Trinajstić information content (AvgIpc) is 2.32. The van der Waals surface area contributed by atoms with Crippen molar-refractivity contribution in [1.82, 2.24) is 4.90 Å². The van der Waals surface area contributed by atoms with Crippen molar-refractivity contribution in [2.45, 2.75) is 20.3 Å². The molecule has 4 atom stereocenters. The van der Waals surface area contributed by atoms with E-state index in [1.807, 2.05) is 11.9 Å². The maximum absolute atomic E-state index is 12.0. The van der Waals surface area contributed by atoms with Crippen molar-refractivity contribution in [2.75, 3.05) is 26.8 Å². The Bertz CT molecular complexity index is 254.